The molecule has 3 saturated heterocycles. The van der Waals surface area contributed by atoms with Crippen LogP contribution in [0.15, 0.2) is 36.4 Å². The number of hydrogen-bond acceptors (Lipinski definition) is 5. The van der Waals surface area contributed by atoms with Crippen molar-refractivity contribution >= 4 is 44.3 Å². The van der Waals surface area contributed by atoms with E-state index in [1.54, 1.807) is 18.3 Å². The Morgan fingerprint density at radius 1 is 1.07 bits per heavy atom. The highest BCUT2D eigenvalue weighted by atomic mass is 32.1. The molecule has 0 N–H and O–H groups in total. The van der Waals surface area contributed by atoms with Crippen LogP contribution in [0.2, 0.25) is 0 Å². The molecular weight excluding hydrogens is 386 g/mol. The first-order valence-corrected chi connectivity index (χ1v) is 11.6. The first-order valence-electron chi connectivity index (χ1n) is 9.98. The fraction of sp³-hybridized carbons (Fsp3) is 0.391. The van der Waals surface area contributed by atoms with E-state index in [1.165, 1.54) is 37.3 Å². The van der Waals surface area contributed by atoms with Gasteiger partial charge in [0.1, 0.15) is 0 Å². The van der Waals surface area contributed by atoms with Crippen LogP contribution in [0, 0.1) is 11.8 Å². The summed E-state index contributed by atoms with van der Waals surface area (Å²) < 4.78 is 1.15. The number of thiophene rings is 2. The Morgan fingerprint density at radius 3 is 2.57 bits per heavy atom. The van der Waals surface area contributed by atoms with Gasteiger partial charge in [-0.2, -0.15) is 0 Å². The summed E-state index contributed by atoms with van der Waals surface area (Å²) in [4.78, 5) is 30.0. The highest BCUT2D eigenvalue weighted by Crippen LogP contribution is 2.40. The largest absolute Gasteiger partial charge is 0.303 e. The number of fused-ring (bicyclic) bond motifs is 4. The molecule has 1 atom stereocenters. The van der Waals surface area contributed by atoms with Crippen molar-refractivity contribution in [1.29, 1.82) is 0 Å². The molecule has 0 radical (unpaired) electrons. The minimum Gasteiger partial charge on any atom is -0.303 e. The quantitative estimate of drug-likeness (QED) is 0.504. The van der Waals surface area contributed by atoms with Crippen molar-refractivity contribution in [3.63, 3.8) is 0 Å². The number of benzene rings is 1. The van der Waals surface area contributed by atoms with Crippen LogP contribution in [0.25, 0.3) is 20.5 Å². The van der Waals surface area contributed by atoms with Gasteiger partial charge in [0.15, 0.2) is 11.6 Å². The number of hydrogen-bond donors (Lipinski definition) is 0. The van der Waals surface area contributed by atoms with Gasteiger partial charge < -0.3 is 4.90 Å². The lowest BCUT2D eigenvalue weighted by Gasteiger charge is -2.44. The van der Waals surface area contributed by atoms with Crippen LogP contribution in [0.4, 0.5) is 0 Å². The maximum atomic E-state index is 13.0. The molecule has 5 heterocycles. The molecular formula is C23H23NO2S2. The van der Waals surface area contributed by atoms with Crippen LogP contribution >= 0.6 is 22.7 Å². The highest BCUT2D eigenvalue weighted by molar-refractivity contribution is 7.22. The lowest BCUT2D eigenvalue weighted by atomic mass is 9.76. The van der Waals surface area contributed by atoms with Crippen LogP contribution in [0.5, 0.6) is 0 Å². The number of piperidine rings is 3. The molecule has 0 spiro atoms. The normalized spacial score (nSPS) is 24.0. The van der Waals surface area contributed by atoms with Crippen LogP contribution in [0.1, 0.15) is 45.5 Å². The van der Waals surface area contributed by atoms with Crippen LogP contribution in [0.3, 0.4) is 0 Å². The maximum Gasteiger partial charge on any atom is 0.173 e. The summed E-state index contributed by atoms with van der Waals surface area (Å²) in [5, 5.41) is 1.12. The summed E-state index contributed by atoms with van der Waals surface area (Å²) in [7, 11) is 0. The van der Waals surface area contributed by atoms with Crippen molar-refractivity contribution in [2.75, 3.05) is 19.6 Å². The Balaban J connectivity index is 1.43. The summed E-state index contributed by atoms with van der Waals surface area (Å²) >= 11 is 3.14. The fourth-order valence-corrected chi connectivity index (χ4v) is 6.86. The van der Waals surface area contributed by atoms with E-state index < -0.39 is 0 Å². The second-order valence-electron chi connectivity index (χ2n) is 8.08. The maximum absolute atomic E-state index is 13.0. The Bertz CT molecular complexity index is 1060. The second-order valence-corrected chi connectivity index (χ2v) is 10.2. The molecule has 1 aromatic carbocycles. The molecule has 2 aromatic heterocycles. The lowest BCUT2D eigenvalue weighted by Crippen LogP contribution is -2.47. The molecule has 6 rings (SSSR count). The van der Waals surface area contributed by atoms with Crippen molar-refractivity contribution in [3.8, 4) is 10.4 Å². The SMILES string of the molecule is CC(=O)c1ccc(-c2cccc3cc(C(=O)C[C@H]4CN5CCC4CC5)sc23)s1. The molecule has 3 aromatic rings. The van der Waals surface area contributed by atoms with Crippen molar-refractivity contribution in [1.82, 2.24) is 4.90 Å². The second kappa shape index (κ2) is 7.21. The van der Waals surface area contributed by atoms with E-state index >= 15 is 0 Å². The third kappa shape index (κ3) is 3.25. The molecule has 144 valence electrons. The summed E-state index contributed by atoms with van der Waals surface area (Å²) in [6, 6.07) is 12.2. The monoisotopic (exact) mass is 409 g/mol. The summed E-state index contributed by atoms with van der Waals surface area (Å²) in [6.07, 6.45) is 3.19. The van der Waals surface area contributed by atoms with Gasteiger partial charge in [0.2, 0.25) is 0 Å². The molecule has 28 heavy (non-hydrogen) atoms. The minimum absolute atomic E-state index is 0.1000. The van der Waals surface area contributed by atoms with Gasteiger partial charge in [-0.1, -0.05) is 18.2 Å². The Morgan fingerprint density at radius 2 is 1.89 bits per heavy atom. The van der Waals surface area contributed by atoms with E-state index in [2.05, 4.69) is 23.1 Å². The number of ketones is 2. The molecule has 5 heteroatoms. The Hall–Kier alpha value is -1.82. The van der Waals surface area contributed by atoms with E-state index in [0.717, 1.165) is 42.7 Å². The smallest absolute Gasteiger partial charge is 0.173 e. The van der Waals surface area contributed by atoms with Crippen LogP contribution < -0.4 is 0 Å². The van der Waals surface area contributed by atoms with Gasteiger partial charge in [-0.25, -0.2) is 0 Å². The number of rotatable bonds is 5. The molecule has 3 nitrogen and oxygen atoms in total. The number of Topliss-reactive ketones (excluding diaryl/α,β-unsaturated/α-hetero) is 2. The summed E-state index contributed by atoms with van der Waals surface area (Å²) in [6.45, 7) is 5.12. The zero-order valence-electron chi connectivity index (χ0n) is 15.9. The fourth-order valence-electron chi connectivity index (χ4n) is 4.72. The van der Waals surface area contributed by atoms with Gasteiger partial charge in [0.25, 0.3) is 0 Å². The average molecular weight is 410 g/mol. The van der Waals surface area contributed by atoms with E-state index in [9.17, 15) is 9.59 Å². The highest BCUT2D eigenvalue weighted by Gasteiger charge is 2.35. The van der Waals surface area contributed by atoms with E-state index in [1.807, 2.05) is 18.2 Å². The number of carbonyl (C=O) groups is 2. The topological polar surface area (TPSA) is 37.4 Å². The van der Waals surface area contributed by atoms with Gasteiger partial charge in [-0.15, -0.1) is 22.7 Å². The van der Waals surface area contributed by atoms with Crippen molar-refractivity contribution < 1.29 is 9.59 Å². The lowest BCUT2D eigenvalue weighted by molar-refractivity contribution is 0.0442. The van der Waals surface area contributed by atoms with Gasteiger partial charge in [0.05, 0.1) is 9.75 Å². The van der Waals surface area contributed by atoms with Gasteiger partial charge >= 0.3 is 0 Å². The van der Waals surface area contributed by atoms with Gasteiger partial charge in [0, 0.05) is 28.1 Å². The van der Waals surface area contributed by atoms with E-state index in [0.29, 0.717) is 18.1 Å². The molecule has 3 fully saturated rings. The van der Waals surface area contributed by atoms with E-state index in [-0.39, 0.29) is 5.78 Å². The standard InChI is InChI=1S/C23H23NO2S2/c1-14(25)20-5-6-21(27-20)18-4-2-3-16-12-22(28-23(16)18)19(26)11-17-13-24-9-7-15(17)8-10-24/h2-6,12,15,17H,7-11,13H2,1H3/t17-/m0/s1. The Kier molecular flexibility index (Phi) is 4.69. The van der Waals surface area contributed by atoms with Crippen LogP contribution in [-0.2, 0) is 0 Å². The van der Waals surface area contributed by atoms with Crippen molar-refractivity contribution in [3.05, 3.63) is 46.2 Å². The van der Waals surface area contributed by atoms with Gasteiger partial charge in [-0.3, -0.25) is 9.59 Å². The first-order chi connectivity index (χ1) is 13.6. The predicted molar refractivity (Wildman–Crippen MR) is 117 cm³/mol. The molecule has 0 amide bonds. The summed E-state index contributed by atoms with van der Waals surface area (Å²) in [5.41, 5.74) is 1.13. The number of carbonyl (C=O) groups excluding carboxylic acids is 2. The molecule has 3 aliphatic rings. The third-order valence-corrected chi connectivity index (χ3v) is 8.72. The molecule has 0 aliphatic carbocycles. The third-order valence-electron chi connectivity index (χ3n) is 6.28. The number of nitrogens with zero attached hydrogens (tertiary/aromatic N) is 1. The van der Waals surface area contributed by atoms with E-state index in [4.69, 9.17) is 0 Å². The predicted octanol–water partition coefficient (Wildman–Crippen LogP) is 5.75. The molecule has 0 unspecified atom stereocenters. The van der Waals surface area contributed by atoms with Crippen molar-refractivity contribution in [2.24, 2.45) is 11.8 Å². The zero-order chi connectivity index (χ0) is 19.3. The molecule has 2 bridgehead atoms. The molecule has 3 aliphatic heterocycles. The first kappa shape index (κ1) is 18.2. The van der Waals surface area contributed by atoms with Crippen molar-refractivity contribution in [2.45, 2.75) is 26.2 Å². The van der Waals surface area contributed by atoms with Crippen LogP contribution in [-0.4, -0.2) is 36.1 Å². The van der Waals surface area contributed by atoms with Gasteiger partial charge in [-0.05, 0) is 68.3 Å². The minimum atomic E-state index is 0.1000. The Labute approximate surface area is 173 Å². The molecule has 0 saturated carbocycles. The average Bonchev–Trinajstić information content (AvgIpc) is 3.36. The summed E-state index contributed by atoms with van der Waals surface area (Å²) in [5.74, 6) is 1.65. The zero-order valence-corrected chi connectivity index (χ0v) is 17.6.